The van der Waals surface area contributed by atoms with E-state index in [1.807, 2.05) is 0 Å². The number of halogens is 1. The van der Waals surface area contributed by atoms with Crippen molar-refractivity contribution >= 4 is 18.3 Å². The fourth-order valence-corrected chi connectivity index (χ4v) is 3.66. The van der Waals surface area contributed by atoms with Crippen molar-refractivity contribution in [1.29, 1.82) is 0 Å². The maximum atomic E-state index is 12.5. The smallest absolute Gasteiger partial charge is 0.223 e. The van der Waals surface area contributed by atoms with E-state index in [2.05, 4.69) is 10.2 Å². The number of morpholine rings is 1. The second-order valence-corrected chi connectivity index (χ2v) is 5.91. The number of carbonyl (C=O) groups is 1. The van der Waals surface area contributed by atoms with Crippen molar-refractivity contribution in [1.82, 2.24) is 10.2 Å². The van der Waals surface area contributed by atoms with Crippen LogP contribution in [0.15, 0.2) is 0 Å². The van der Waals surface area contributed by atoms with Crippen LogP contribution in [-0.2, 0) is 9.53 Å². The first kappa shape index (κ1) is 15.1. The van der Waals surface area contributed by atoms with Gasteiger partial charge in [-0.1, -0.05) is 12.8 Å². The molecule has 0 spiro atoms. The van der Waals surface area contributed by atoms with Crippen molar-refractivity contribution in [3.63, 3.8) is 0 Å². The van der Waals surface area contributed by atoms with E-state index < -0.39 is 0 Å². The quantitative estimate of drug-likeness (QED) is 0.839. The molecule has 2 saturated heterocycles. The van der Waals surface area contributed by atoms with Crippen LogP contribution >= 0.6 is 12.4 Å². The Bertz CT molecular complexity index is 306. The van der Waals surface area contributed by atoms with Crippen LogP contribution in [0.25, 0.3) is 0 Å². The van der Waals surface area contributed by atoms with E-state index in [4.69, 9.17) is 4.74 Å². The van der Waals surface area contributed by atoms with Gasteiger partial charge in [-0.2, -0.15) is 0 Å². The average molecular weight is 289 g/mol. The molecule has 3 aliphatic rings. The fourth-order valence-electron chi connectivity index (χ4n) is 3.66. The highest BCUT2D eigenvalue weighted by atomic mass is 35.5. The van der Waals surface area contributed by atoms with Crippen LogP contribution in [0.1, 0.15) is 38.5 Å². The lowest BCUT2D eigenvalue weighted by Crippen LogP contribution is -2.55. The van der Waals surface area contributed by atoms with Crippen molar-refractivity contribution in [2.24, 2.45) is 5.92 Å². The molecule has 3 fully saturated rings. The molecule has 1 saturated carbocycles. The van der Waals surface area contributed by atoms with Gasteiger partial charge in [0.05, 0.1) is 18.8 Å². The molecular weight excluding hydrogens is 264 g/mol. The van der Waals surface area contributed by atoms with E-state index >= 15 is 0 Å². The number of carbonyl (C=O) groups excluding carboxylic acids is 1. The zero-order valence-electron chi connectivity index (χ0n) is 11.5. The molecule has 0 bridgehead atoms. The van der Waals surface area contributed by atoms with Gasteiger partial charge in [0.1, 0.15) is 0 Å². The van der Waals surface area contributed by atoms with Crippen LogP contribution in [0.5, 0.6) is 0 Å². The Morgan fingerprint density at radius 2 is 2.11 bits per heavy atom. The number of fused-ring (bicyclic) bond motifs is 1. The number of hydrogen-bond acceptors (Lipinski definition) is 3. The van der Waals surface area contributed by atoms with Crippen molar-refractivity contribution in [3.8, 4) is 0 Å². The maximum absolute atomic E-state index is 12.5. The number of amides is 1. The first-order chi connectivity index (χ1) is 8.84. The molecule has 1 N–H and O–H groups in total. The minimum Gasteiger partial charge on any atom is -0.374 e. The second kappa shape index (κ2) is 6.91. The topological polar surface area (TPSA) is 41.6 Å². The maximum Gasteiger partial charge on any atom is 0.223 e. The molecule has 2 aliphatic heterocycles. The molecule has 1 aliphatic carbocycles. The van der Waals surface area contributed by atoms with Gasteiger partial charge in [0, 0.05) is 13.0 Å². The normalized spacial score (nSPS) is 34.5. The average Bonchev–Trinajstić information content (AvgIpc) is 2.91. The Kier molecular flexibility index (Phi) is 5.48. The summed E-state index contributed by atoms with van der Waals surface area (Å²) in [6.07, 6.45) is 6.99. The minimum absolute atomic E-state index is 0. The number of hydrogen-bond donors (Lipinski definition) is 1. The van der Waals surface area contributed by atoms with Crippen LogP contribution in [-0.4, -0.2) is 49.2 Å². The van der Waals surface area contributed by atoms with Crippen LogP contribution in [0.3, 0.4) is 0 Å². The van der Waals surface area contributed by atoms with Crippen molar-refractivity contribution in [2.45, 2.75) is 50.7 Å². The number of nitrogens with zero attached hydrogens (tertiary/aromatic N) is 1. The number of rotatable bonds is 2. The number of nitrogens with one attached hydrogen (secondary N) is 1. The van der Waals surface area contributed by atoms with Crippen molar-refractivity contribution in [3.05, 3.63) is 0 Å². The highest BCUT2D eigenvalue weighted by Gasteiger charge is 2.37. The largest absolute Gasteiger partial charge is 0.374 e. The van der Waals surface area contributed by atoms with Gasteiger partial charge < -0.3 is 15.0 Å². The van der Waals surface area contributed by atoms with E-state index in [9.17, 15) is 4.79 Å². The minimum atomic E-state index is 0. The number of ether oxygens (including phenoxy) is 1. The molecule has 3 unspecified atom stereocenters. The lowest BCUT2D eigenvalue weighted by molar-refractivity contribution is -0.150. The molecule has 110 valence electrons. The van der Waals surface area contributed by atoms with E-state index in [0.717, 1.165) is 51.9 Å². The SMILES string of the molecule is Cl.O=C(CC1CCNC1)N1CCOC2CCCCC21. The van der Waals surface area contributed by atoms with Gasteiger partial charge >= 0.3 is 0 Å². The second-order valence-electron chi connectivity index (χ2n) is 5.91. The summed E-state index contributed by atoms with van der Waals surface area (Å²) in [6.45, 7) is 3.63. The molecule has 0 radical (unpaired) electrons. The third-order valence-corrected chi connectivity index (χ3v) is 4.68. The van der Waals surface area contributed by atoms with Gasteiger partial charge in [-0.25, -0.2) is 0 Å². The van der Waals surface area contributed by atoms with Gasteiger partial charge in [0.15, 0.2) is 0 Å². The Balaban J connectivity index is 0.00000133. The van der Waals surface area contributed by atoms with Crippen molar-refractivity contribution < 1.29 is 9.53 Å². The molecule has 4 nitrogen and oxygen atoms in total. The summed E-state index contributed by atoms with van der Waals surface area (Å²) in [7, 11) is 0. The molecule has 2 heterocycles. The molecule has 3 rings (SSSR count). The Hall–Kier alpha value is -0.320. The third-order valence-electron chi connectivity index (χ3n) is 4.68. The van der Waals surface area contributed by atoms with E-state index in [1.54, 1.807) is 0 Å². The molecule has 0 aromatic heterocycles. The lowest BCUT2D eigenvalue weighted by Gasteiger charge is -2.44. The molecule has 5 heteroatoms. The highest BCUT2D eigenvalue weighted by molar-refractivity contribution is 5.85. The van der Waals surface area contributed by atoms with E-state index in [1.165, 1.54) is 12.8 Å². The molecule has 19 heavy (non-hydrogen) atoms. The van der Waals surface area contributed by atoms with Crippen molar-refractivity contribution in [2.75, 3.05) is 26.2 Å². The molecule has 1 amide bonds. The predicted molar refractivity (Wildman–Crippen MR) is 76.6 cm³/mol. The summed E-state index contributed by atoms with van der Waals surface area (Å²) in [5.74, 6) is 0.922. The predicted octanol–water partition coefficient (Wildman–Crippen LogP) is 1.58. The van der Waals surface area contributed by atoms with Gasteiger partial charge in [0.25, 0.3) is 0 Å². The first-order valence-electron chi connectivity index (χ1n) is 7.46. The van der Waals surface area contributed by atoms with Gasteiger partial charge in [-0.3, -0.25) is 4.79 Å². The molecular formula is C14H25ClN2O2. The fraction of sp³-hybridized carbons (Fsp3) is 0.929. The van der Waals surface area contributed by atoms with Crippen LogP contribution in [0, 0.1) is 5.92 Å². The first-order valence-corrected chi connectivity index (χ1v) is 7.46. The summed E-state index contributed by atoms with van der Waals surface area (Å²) in [6, 6.07) is 0.370. The van der Waals surface area contributed by atoms with Gasteiger partial charge in [-0.15, -0.1) is 12.4 Å². The van der Waals surface area contributed by atoms with E-state index in [-0.39, 0.29) is 12.4 Å². The van der Waals surface area contributed by atoms with Crippen LogP contribution < -0.4 is 5.32 Å². The Morgan fingerprint density at radius 1 is 1.26 bits per heavy atom. The summed E-state index contributed by atoms with van der Waals surface area (Å²) in [4.78, 5) is 14.6. The van der Waals surface area contributed by atoms with Crippen LogP contribution in [0.4, 0.5) is 0 Å². The molecule has 0 aromatic carbocycles. The van der Waals surface area contributed by atoms with Gasteiger partial charge in [0.2, 0.25) is 5.91 Å². The monoisotopic (exact) mass is 288 g/mol. The Labute approximate surface area is 121 Å². The molecule has 3 atom stereocenters. The third kappa shape index (κ3) is 3.41. The summed E-state index contributed by atoms with van der Waals surface area (Å²) >= 11 is 0. The Morgan fingerprint density at radius 3 is 2.89 bits per heavy atom. The summed E-state index contributed by atoms with van der Waals surface area (Å²) in [5.41, 5.74) is 0. The lowest BCUT2D eigenvalue weighted by atomic mass is 9.89. The zero-order valence-corrected chi connectivity index (χ0v) is 12.3. The van der Waals surface area contributed by atoms with Gasteiger partial charge in [-0.05, 0) is 38.3 Å². The standard InChI is InChI=1S/C14H24N2O2.ClH/c17-14(9-11-5-6-15-10-11)16-7-8-18-13-4-2-1-3-12(13)16;/h11-13,15H,1-10H2;1H. The summed E-state index contributed by atoms with van der Waals surface area (Å²) in [5, 5.41) is 3.34. The van der Waals surface area contributed by atoms with Crippen LogP contribution in [0.2, 0.25) is 0 Å². The molecule has 0 aromatic rings. The zero-order chi connectivity index (χ0) is 12.4. The van der Waals surface area contributed by atoms with E-state index in [0.29, 0.717) is 24.0 Å². The summed E-state index contributed by atoms with van der Waals surface area (Å²) < 4.78 is 5.83. The highest BCUT2D eigenvalue weighted by Crippen LogP contribution is 2.29.